The lowest BCUT2D eigenvalue weighted by Gasteiger charge is -2.22. The van der Waals surface area contributed by atoms with E-state index in [4.69, 9.17) is 10.5 Å². The quantitative estimate of drug-likeness (QED) is 0.574. The molecule has 0 aromatic heterocycles. The number of hydrogen-bond donors (Lipinski definition) is 1. The SMILES string of the molecule is NC(=O)[C@@H]1CCCN1C(=O)CCc1ccc(OCCCCCc2ccccc2)cc1. The summed E-state index contributed by atoms with van der Waals surface area (Å²) in [4.78, 5) is 25.5. The molecule has 1 aliphatic rings. The minimum absolute atomic E-state index is 0.00660. The maximum absolute atomic E-state index is 12.4. The van der Waals surface area contributed by atoms with Crippen molar-refractivity contribution in [1.82, 2.24) is 4.90 Å². The van der Waals surface area contributed by atoms with Crippen molar-refractivity contribution >= 4 is 11.8 Å². The van der Waals surface area contributed by atoms with Crippen LogP contribution in [0.4, 0.5) is 0 Å². The van der Waals surface area contributed by atoms with Gasteiger partial charge in [-0.05, 0) is 68.2 Å². The van der Waals surface area contributed by atoms with E-state index in [0.717, 1.165) is 43.6 Å². The molecule has 0 unspecified atom stereocenters. The highest BCUT2D eigenvalue weighted by Crippen LogP contribution is 2.19. The van der Waals surface area contributed by atoms with Crippen LogP contribution in [0, 0.1) is 0 Å². The van der Waals surface area contributed by atoms with Crippen molar-refractivity contribution in [2.75, 3.05) is 13.2 Å². The molecular formula is C25H32N2O3. The lowest BCUT2D eigenvalue weighted by Crippen LogP contribution is -2.43. The number of nitrogens with zero attached hydrogens (tertiary/aromatic N) is 1. The molecule has 1 saturated heterocycles. The van der Waals surface area contributed by atoms with Crippen LogP contribution in [0.2, 0.25) is 0 Å². The molecule has 1 aliphatic heterocycles. The number of likely N-dealkylation sites (tertiary alicyclic amines) is 1. The highest BCUT2D eigenvalue weighted by molar-refractivity contribution is 5.87. The molecule has 0 spiro atoms. The molecule has 0 saturated carbocycles. The molecule has 1 atom stereocenters. The molecule has 5 nitrogen and oxygen atoms in total. The fraction of sp³-hybridized carbons (Fsp3) is 0.440. The van der Waals surface area contributed by atoms with Crippen LogP contribution in [0.3, 0.4) is 0 Å². The summed E-state index contributed by atoms with van der Waals surface area (Å²) in [6, 6.07) is 18.1. The first-order valence-electron chi connectivity index (χ1n) is 11.0. The number of hydrogen-bond acceptors (Lipinski definition) is 3. The molecule has 2 aromatic rings. The zero-order valence-corrected chi connectivity index (χ0v) is 17.6. The van der Waals surface area contributed by atoms with Crippen molar-refractivity contribution in [1.29, 1.82) is 0 Å². The third kappa shape index (κ3) is 6.61. The van der Waals surface area contributed by atoms with Crippen LogP contribution in [0.5, 0.6) is 5.75 Å². The van der Waals surface area contributed by atoms with E-state index in [9.17, 15) is 9.59 Å². The van der Waals surface area contributed by atoms with Gasteiger partial charge >= 0.3 is 0 Å². The number of ether oxygens (including phenoxy) is 1. The molecule has 160 valence electrons. The number of benzene rings is 2. The minimum Gasteiger partial charge on any atom is -0.494 e. The number of amides is 2. The predicted molar refractivity (Wildman–Crippen MR) is 118 cm³/mol. The summed E-state index contributed by atoms with van der Waals surface area (Å²) in [5, 5.41) is 0. The van der Waals surface area contributed by atoms with Gasteiger partial charge in [-0.15, -0.1) is 0 Å². The zero-order valence-electron chi connectivity index (χ0n) is 17.6. The van der Waals surface area contributed by atoms with E-state index in [1.165, 1.54) is 12.0 Å². The third-order valence-electron chi connectivity index (χ3n) is 5.67. The van der Waals surface area contributed by atoms with Gasteiger partial charge in [0.1, 0.15) is 11.8 Å². The van der Waals surface area contributed by atoms with Crippen molar-refractivity contribution in [2.24, 2.45) is 5.73 Å². The smallest absolute Gasteiger partial charge is 0.240 e. The lowest BCUT2D eigenvalue weighted by atomic mass is 10.1. The fourth-order valence-corrected chi connectivity index (χ4v) is 3.95. The number of aryl methyl sites for hydroxylation is 2. The normalized spacial score (nSPS) is 15.9. The largest absolute Gasteiger partial charge is 0.494 e. The average Bonchev–Trinajstić information content (AvgIpc) is 3.26. The van der Waals surface area contributed by atoms with Crippen molar-refractivity contribution < 1.29 is 14.3 Å². The highest BCUT2D eigenvalue weighted by Gasteiger charge is 2.32. The van der Waals surface area contributed by atoms with E-state index in [-0.39, 0.29) is 5.91 Å². The molecule has 0 radical (unpaired) electrons. The fourth-order valence-electron chi connectivity index (χ4n) is 3.95. The molecule has 0 aliphatic carbocycles. The number of primary amides is 1. The molecule has 2 amide bonds. The highest BCUT2D eigenvalue weighted by atomic mass is 16.5. The van der Waals surface area contributed by atoms with Crippen LogP contribution < -0.4 is 10.5 Å². The molecule has 0 bridgehead atoms. The number of nitrogens with two attached hydrogens (primary N) is 1. The molecular weight excluding hydrogens is 376 g/mol. The third-order valence-corrected chi connectivity index (χ3v) is 5.67. The van der Waals surface area contributed by atoms with Crippen LogP contribution in [0.25, 0.3) is 0 Å². The Morgan fingerprint density at radius 1 is 0.933 bits per heavy atom. The van der Waals surface area contributed by atoms with Gasteiger partial charge in [0.25, 0.3) is 0 Å². The second kappa shape index (κ2) is 11.4. The Bertz CT molecular complexity index is 805. The summed E-state index contributed by atoms with van der Waals surface area (Å²) >= 11 is 0. The van der Waals surface area contributed by atoms with E-state index >= 15 is 0 Å². The molecule has 30 heavy (non-hydrogen) atoms. The molecule has 1 fully saturated rings. The van der Waals surface area contributed by atoms with E-state index in [1.807, 2.05) is 30.3 Å². The van der Waals surface area contributed by atoms with E-state index in [2.05, 4.69) is 24.3 Å². The Balaban J connectivity index is 1.32. The number of carbonyl (C=O) groups excluding carboxylic acids is 2. The van der Waals surface area contributed by atoms with E-state index < -0.39 is 11.9 Å². The zero-order chi connectivity index (χ0) is 21.2. The van der Waals surface area contributed by atoms with E-state index in [1.54, 1.807) is 4.90 Å². The summed E-state index contributed by atoms with van der Waals surface area (Å²) in [6.07, 6.45) is 7.06. The predicted octanol–water partition coefficient (Wildman–Crippen LogP) is 3.89. The van der Waals surface area contributed by atoms with Crippen LogP contribution in [0.1, 0.15) is 49.7 Å². The average molecular weight is 409 g/mol. The van der Waals surface area contributed by atoms with Crippen molar-refractivity contribution in [3.8, 4) is 5.75 Å². The van der Waals surface area contributed by atoms with Crippen LogP contribution in [-0.2, 0) is 22.4 Å². The second-order valence-corrected chi connectivity index (χ2v) is 7.94. The first-order valence-corrected chi connectivity index (χ1v) is 11.0. The maximum atomic E-state index is 12.4. The van der Waals surface area contributed by atoms with E-state index in [0.29, 0.717) is 25.8 Å². The first kappa shape index (κ1) is 21.9. The molecule has 3 rings (SSSR count). The minimum atomic E-state index is -0.430. The van der Waals surface area contributed by atoms with Gasteiger partial charge in [0, 0.05) is 13.0 Å². The second-order valence-electron chi connectivity index (χ2n) is 7.94. The number of rotatable bonds is 11. The summed E-state index contributed by atoms with van der Waals surface area (Å²) in [7, 11) is 0. The van der Waals surface area contributed by atoms with Crippen LogP contribution >= 0.6 is 0 Å². The van der Waals surface area contributed by atoms with Crippen LogP contribution in [0.15, 0.2) is 54.6 Å². The van der Waals surface area contributed by atoms with Gasteiger partial charge in [-0.3, -0.25) is 9.59 Å². The topological polar surface area (TPSA) is 72.6 Å². The summed E-state index contributed by atoms with van der Waals surface area (Å²) < 4.78 is 5.83. The van der Waals surface area contributed by atoms with Crippen molar-refractivity contribution in [3.05, 3.63) is 65.7 Å². The maximum Gasteiger partial charge on any atom is 0.240 e. The van der Waals surface area contributed by atoms with Gasteiger partial charge in [0.15, 0.2) is 0 Å². The summed E-state index contributed by atoms with van der Waals surface area (Å²) in [5.41, 5.74) is 7.88. The Morgan fingerprint density at radius 2 is 1.67 bits per heavy atom. The first-order chi connectivity index (χ1) is 14.6. The summed E-state index contributed by atoms with van der Waals surface area (Å²) in [5.74, 6) is 0.469. The van der Waals surface area contributed by atoms with Crippen molar-refractivity contribution in [3.63, 3.8) is 0 Å². The van der Waals surface area contributed by atoms with Gasteiger partial charge in [-0.25, -0.2) is 0 Å². The number of unbranched alkanes of at least 4 members (excludes halogenated alkanes) is 2. The standard InChI is InChI=1S/C25H32N2O3/c26-25(29)23-11-7-18-27(23)24(28)17-14-21-12-15-22(16-13-21)30-19-6-2-5-10-20-8-3-1-4-9-20/h1,3-4,8-9,12-13,15-16,23H,2,5-7,10-11,14,17-19H2,(H2,26,29)/t23-/m0/s1. The Morgan fingerprint density at radius 3 is 2.40 bits per heavy atom. The number of carbonyl (C=O) groups is 2. The summed E-state index contributed by atoms with van der Waals surface area (Å²) in [6.45, 7) is 1.35. The Hall–Kier alpha value is -2.82. The van der Waals surface area contributed by atoms with Gasteiger partial charge in [0.2, 0.25) is 11.8 Å². The van der Waals surface area contributed by atoms with Gasteiger partial charge in [0.05, 0.1) is 6.61 Å². The van der Waals surface area contributed by atoms with Crippen molar-refractivity contribution in [2.45, 2.75) is 57.4 Å². The molecule has 5 heteroatoms. The molecule has 2 N–H and O–H groups in total. The van der Waals surface area contributed by atoms with Gasteiger partial charge in [-0.2, -0.15) is 0 Å². The molecule has 2 aromatic carbocycles. The van der Waals surface area contributed by atoms with Crippen LogP contribution in [-0.4, -0.2) is 35.9 Å². The molecule has 1 heterocycles. The monoisotopic (exact) mass is 408 g/mol. The lowest BCUT2D eigenvalue weighted by molar-refractivity contribution is -0.137. The Kier molecular flexibility index (Phi) is 8.30. The van der Waals surface area contributed by atoms with Gasteiger partial charge in [-0.1, -0.05) is 42.5 Å². The Labute approximate surface area is 179 Å². The van der Waals surface area contributed by atoms with Gasteiger partial charge < -0.3 is 15.4 Å².